The number of carbonyl (C=O) groups excluding carboxylic acids is 1. The summed E-state index contributed by atoms with van der Waals surface area (Å²) >= 11 is 0. The minimum Gasteiger partial charge on any atom is -0.408 e. The van der Waals surface area contributed by atoms with Crippen molar-refractivity contribution in [2.75, 3.05) is 5.32 Å². The molecular formula is C22H15F2N3O4S. The molecule has 4 rings (SSSR count). The maximum Gasteiger partial charge on any atom is 0.336 e. The second-order valence-corrected chi connectivity index (χ2v) is 8.61. The van der Waals surface area contributed by atoms with E-state index in [1.165, 1.54) is 30.3 Å². The van der Waals surface area contributed by atoms with Crippen molar-refractivity contribution in [2.45, 2.75) is 11.0 Å². The van der Waals surface area contributed by atoms with Gasteiger partial charge in [-0.05, 0) is 35.9 Å². The van der Waals surface area contributed by atoms with Crippen molar-refractivity contribution in [3.63, 3.8) is 0 Å². The Hall–Kier alpha value is -3.92. The lowest BCUT2D eigenvalue weighted by Gasteiger charge is -2.07. The van der Waals surface area contributed by atoms with Gasteiger partial charge >= 0.3 is 5.22 Å². The van der Waals surface area contributed by atoms with Gasteiger partial charge in [0.2, 0.25) is 9.84 Å². The van der Waals surface area contributed by atoms with Crippen LogP contribution in [0.15, 0.2) is 82.4 Å². The topological polar surface area (TPSA) is 102 Å². The Balaban J connectivity index is 1.53. The van der Waals surface area contributed by atoms with Crippen LogP contribution in [0.2, 0.25) is 0 Å². The summed E-state index contributed by atoms with van der Waals surface area (Å²) in [6, 6.07) is 17.4. The van der Waals surface area contributed by atoms with E-state index in [4.69, 9.17) is 4.42 Å². The summed E-state index contributed by atoms with van der Waals surface area (Å²) in [5, 5.41) is 8.93. The van der Waals surface area contributed by atoms with Crippen LogP contribution in [0.5, 0.6) is 0 Å². The van der Waals surface area contributed by atoms with Crippen LogP contribution < -0.4 is 5.32 Å². The van der Waals surface area contributed by atoms with Gasteiger partial charge in [0.25, 0.3) is 11.8 Å². The van der Waals surface area contributed by atoms with Crippen LogP contribution in [0.4, 0.5) is 14.5 Å². The van der Waals surface area contributed by atoms with Gasteiger partial charge in [0.05, 0.1) is 16.9 Å². The van der Waals surface area contributed by atoms with Crippen molar-refractivity contribution < 1.29 is 26.4 Å². The molecule has 0 saturated carbocycles. The van der Waals surface area contributed by atoms with E-state index in [1.54, 1.807) is 30.3 Å². The quantitative estimate of drug-likeness (QED) is 0.467. The Kier molecular flexibility index (Phi) is 5.78. The predicted octanol–water partition coefficient (Wildman–Crippen LogP) is 4.24. The molecule has 162 valence electrons. The lowest BCUT2D eigenvalue weighted by atomic mass is 10.1. The molecule has 0 bridgehead atoms. The molecule has 7 nitrogen and oxygen atoms in total. The maximum absolute atomic E-state index is 14.6. The highest BCUT2D eigenvalue weighted by Crippen LogP contribution is 2.26. The van der Waals surface area contributed by atoms with Gasteiger partial charge < -0.3 is 9.73 Å². The molecule has 0 radical (unpaired) electrons. The molecule has 1 aromatic heterocycles. The number of benzene rings is 3. The molecule has 4 aromatic rings. The molecule has 0 fully saturated rings. The van der Waals surface area contributed by atoms with E-state index in [0.717, 1.165) is 12.1 Å². The third-order valence-electron chi connectivity index (χ3n) is 4.45. The zero-order valence-electron chi connectivity index (χ0n) is 16.3. The first-order valence-corrected chi connectivity index (χ1v) is 10.9. The fourth-order valence-corrected chi connectivity index (χ4v) is 4.04. The highest BCUT2D eigenvalue weighted by molar-refractivity contribution is 7.90. The van der Waals surface area contributed by atoms with Crippen LogP contribution in [-0.4, -0.2) is 24.5 Å². The molecule has 0 atom stereocenters. The molecule has 0 spiro atoms. The first-order chi connectivity index (χ1) is 15.3. The molecule has 0 unspecified atom stereocenters. The van der Waals surface area contributed by atoms with Crippen molar-refractivity contribution in [1.29, 1.82) is 0 Å². The van der Waals surface area contributed by atoms with E-state index in [-0.39, 0.29) is 28.5 Å². The average Bonchev–Trinajstić information content (AvgIpc) is 3.25. The Morgan fingerprint density at radius 3 is 2.34 bits per heavy atom. The summed E-state index contributed by atoms with van der Waals surface area (Å²) in [6.07, 6.45) is 0. The number of rotatable bonds is 6. The van der Waals surface area contributed by atoms with E-state index in [2.05, 4.69) is 15.5 Å². The van der Waals surface area contributed by atoms with Crippen molar-refractivity contribution in [3.8, 4) is 11.5 Å². The first-order valence-electron chi connectivity index (χ1n) is 9.29. The summed E-state index contributed by atoms with van der Waals surface area (Å²) in [5.41, 5.74) is 0.258. The lowest BCUT2D eigenvalue weighted by Crippen LogP contribution is -2.13. The Morgan fingerprint density at radius 1 is 0.906 bits per heavy atom. The monoisotopic (exact) mass is 455 g/mol. The number of sulfone groups is 1. The zero-order chi connectivity index (χ0) is 22.7. The highest BCUT2D eigenvalue weighted by Gasteiger charge is 2.24. The van der Waals surface area contributed by atoms with Crippen LogP contribution in [-0.2, 0) is 15.6 Å². The Morgan fingerprint density at radius 2 is 1.62 bits per heavy atom. The predicted molar refractivity (Wildman–Crippen MR) is 111 cm³/mol. The van der Waals surface area contributed by atoms with Gasteiger partial charge in [-0.3, -0.25) is 4.79 Å². The Labute approximate surface area is 181 Å². The fourth-order valence-electron chi connectivity index (χ4n) is 2.91. The summed E-state index contributed by atoms with van der Waals surface area (Å²) in [4.78, 5) is 12.2. The van der Waals surface area contributed by atoms with Crippen LogP contribution in [0.1, 0.15) is 15.9 Å². The summed E-state index contributed by atoms with van der Waals surface area (Å²) < 4.78 is 58.6. The Bertz CT molecular complexity index is 1390. The average molecular weight is 455 g/mol. The molecule has 0 aliphatic carbocycles. The van der Waals surface area contributed by atoms with E-state index in [1.807, 2.05) is 0 Å². The minimum absolute atomic E-state index is 0.0657. The number of hydrogen-bond donors (Lipinski definition) is 1. The third-order valence-corrected chi connectivity index (χ3v) is 5.86. The number of nitrogens with zero attached hydrogens (tertiary/aromatic N) is 2. The van der Waals surface area contributed by atoms with E-state index >= 15 is 0 Å². The molecule has 0 aliphatic heterocycles. The van der Waals surface area contributed by atoms with Gasteiger partial charge in [-0.25, -0.2) is 17.2 Å². The van der Waals surface area contributed by atoms with Gasteiger partial charge in [-0.2, -0.15) is 0 Å². The van der Waals surface area contributed by atoms with Crippen molar-refractivity contribution in [2.24, 2.45) is 0 Å². The van der Waals surface area contributed by atoms with Crippen LogP contribution in [0.3, 0.4) is 0 Å². The van der Waals surface area contributed by atoms with E-state index < -0.39 is 32.6 Å². The molecule has 32 heavy (non-hydrogen) atoms. The molecule has 1 N–H and O–H groups in total. The number of carbonyl (C=O) groups is 1. The van der Waals surface area contributed by atoms with E-state index in [9.17, 15) is 22.0 Å². The largest absolute Gasteiger partial charge is 0.408 e. The van der Waals surface area contributed by atoms with Crippen LogP contribution in [0.25, 0.3) is 11.5 Å². The number of aromatic nitrogens is 2. The van der Waals surface area contributed by atoms with Crippen LogP contribution in [0, 0.1) is 11.6 Å². The van der Waals surface area contributed by atoms with Crippen LogP contribution >= 0.6 is 0 Å². The molecule has 3 aromatic carbocycles. The van der Waals surface area contributed by atoms with Gasteiger partial charge in [0.15, 0.2) is 0 Å². The second-order valence-electron chi connectivity index (χ2n) is 6.75. The van der Waals surface area contributed by atoms with Crippen molar-refractivity contribution in [1.82, 2.24) is 10.2 Å². The van der Waals surface area contributed by atoms with Crippen molar-refractivity contribution >= 4 is 21.4 Å². The molecule has 0 aliphatic rings. The van der Waals surface area contributed by atoms with Gasteiger partial charge in [-0.1, -0.05) is 47.6 Å². The normalized spacial score (nSPS) is 11.3. The van der Waals surface area contributed by atoms with Gasteiger partial charge in [0, 0.05) is 5.69 Å². The number of halogens is 2. The summed E-state index contributed by atoms with van der Waals surface area (Å²) in [5.74, 6) is -2.98. The standard InChI is InChI=1S/C22H15F2N3O4S/c23-18-9-5-4-8-16(18)20(28)25-15-10-11-17(19(24)12-15)21-26-27-22(31-21)32(29,30)13-14-6-2-1-3-7-14/h1-12H,13H2,(H,25,28). The third kappa shape index (κ3) is 4.54. The van der Waals surface area contributed by atoms with Crippen molar-refractivity contribution in [3.05, 3.63) is 95.6 Å². The molecule has 1 amide bonds. The molecular weight excluding hydrogens is 440 g/mol. The minimum atomic E-state index is -3.93. The number of hydrogen-bond acceptors (Lipinski definition) is 6. The second kappa shape index (κ2) is 8.67. The highest BCUT2D eigenvalue weighted by atomic mass is 32.2. The maximum atomic E-state index is 14.6. The SMILES string of the molecule is O=C(Nc1ccc(-c2nnc(S(=O)(=O)Cc3ccccc3)o2)c(F)c1)c1ccccc1F. The molecule has 1 heterocycles. The summed E-state index contributed by atoms with van der Waals surface area (Å²) in [7, 11) is -3.93. The fraction of sp³-hybridized carbons (Fsp3) is 0.0455. The molecule has 0 saturated heterocycles. The number of nitrogens with one attached hydrogen (secondary N) is 1. The lowest BCUT2D eigenvalue weighted by molar-refractivity contribution is 0.102. The summed E-state index contributed by atoms with van der Waals surface area (Å²) in [6.45, 7) is 0. The molecule has 10 heteroatoms. The zero-order valence-corrected chi connectivity index (χ0v) is 17.1. The number of amides is 1. The smallest absolute Gasteiger partial charge is 0.336 e. The van der Waals surface area contributed by atoms with Gasteiger partial charge in [0.1, 0.15) is 11.6 Å². The number of anilines is 1. The van der Waals surface area contributed by atoms with Gasteiger partial charge in [-0.15, -0.1) is 5.10 Å². The first kappa shape index (κ1) is 21.3. The van der Waals surface area contributed by atoms with E-state index in [0.29, 0.717) is 5.56 Å².